The zero-order valence-corrected chi connectivity index (χ0v) is 9.93. The van der Waals surface area contributed by atoms with E-state index in [4.69, 9.17) is 0 Å². The van der Waals surface area contributed by atoms with Crippen LogP contribution in [0.4, 0.5) is 0 Å². The highest BCUT2D eigenvalue weighted by Gasteiger charge is 2.42. The molecular weight excluding hydrogens is 158 g/mol. The maximum absolute atomic E-state index is 2.72. The number of hydrogen-bond donors (Lipinski definition) is 0. The maximum Gasteiger partial charge on any atom is 0.0233 e. The minimum Gasteiger partial charge on any atom is -0.295 e. The molecule has 0 bridgehead atoms. The Hall–Kier alpha value is -0.0400. The van der Waals surface area contributed by atoms with E-state index in [0.29, 0.717) is 11.6 Å². The van der Waals surface area contributed by atoms with Gasteiger partial charge in [0.05, 0.1) is 0 Å². The summed E-state index contributed by atoms with van der Waals surface area (Å²) in [5.41, 5.74) is 0.508. The predicted molar refractivity (Wildman–Crippen MR) is 58.9 cm³/mol. The summed E-state index contributed by atoms with van der Waals surface area (Å²) in [6.07, 6.45) is 4.10. The van der Waals surface area contributed by atoms with Gasteiger partial charge in [0.15, 0.2) is 0 Å². The minimum absolute atomic E-state index is 0.508. The SMILES string of the molecule is CCC1(C(C)C)CCCN1C(C)C. The standard InChI is InChI=1S/C12H25N/c1-6-12(10(2)3)8-7-9-13(12)11(4)5/h10-11H,6-9H2,1-5H3. The second kappa shape index (κ2) is 4.00. The fraction of sp³-hybridized carbons (Fsp3) is 1.00. The second-order valence-electron chi connectivity index (χ2n) is 5.00. The molecule has 1 aliphatic heterocycles. The third-order valence-electron chi connectivity index (χ3n) is 3.89. The highest BCUT2D eigenvalue weighted by molar-refractivity contribution is 4.98. The van der Waals surface area contributed by atoms with Gasteiger partial charge in [-0.05, 0) is 45.6 Å². The van der Waals surface area contributed by atoms with Crippen molar-refractivity contribution < 1.29 is 0 Å². The lowest BCUT2D eigenvalue weighted by atomic mass is 9.81. The number of rotatable bonds is 3. The van der Waals surface area contributed by atoms with Crippen molar-refractivity contribution in [1.29, 1.82) is 0 Å². The van der Waals surface area contributed by atoms with E-state index in [0.717, 1.165) is 5.92 Å². The summed E-state index contributed by atoms with van der Waals surface area (Å²) >= 11 is 0. The van der Waals surface area contributed by atoms with Crippen molar-refractivity contribution in [2.75, 3.05) is 6.54 Å². The third kappa shape index (κ3) is 1.76. The third-order valence-corrected chi connectivity index (χ3v) is 3.89. The molecule has 0 aliphatic carbocycles. The Bertz CT molecular complexity index is 163. The zero-order chi connectivity index (χ0) is 10.1. The molecule has 1 heterocycles. The van der Waals surface area contributed by atoms with Crippen molar-refractivity contribution in [1.82, 2.24) is 4.90 Å². The normalized spacial score (nSPS) is 30.7. The number of nitrogens with zero attached hydrogens (tertiary/aromatic N) is 1. The van der Waals surface area contributed by atoms with Crippen LogP contribution in [0.2, 0.25) is 0 Å². The molecule has 1 heteroatoms. The highest BCUT2D eigenvalue weighted by Crippen LogP contribution is 2.39. The average Bonchev–Trinajstić information content (AvgIpc) is 2.48. The predicted octanol–water partition coefficient (Wildman–Crippen LogP) is 3.30. The van der Waals surface area contributed by atoms with E-state index >= 15 is 0 Å². The monoisotopic (exact) mass is 183 g/mol. The molecule has 1 nitrogen and oxygen atoms in total. The fourth-order valence-corrected chi connectivity index (χ4v) is 3.10. The molecule has 0 amide bonds. The Morgan fingerprint density at radius 1 is 1.23 bits per heavy atom. The van der Waals surface area contributed by atoms with Crippen LogP contribution < -0.4 is 0 Å². The molecular formula is C12H25N. The Kier molecular flexibility index (Phi) is 3.39. The first-order valence-electron chi connectivity index (χ1n) is 5.81. The smallest absolute Gasteiger partial charge is 0.0233 e. The van der Waals surface area contributed by atoms with Crippen LogP contribution in [0.3, 0.4) is 0 Å². The van der Waals surface area contributed by atoms with Gasteiger partial charge in [0.1, 0.15) is 0 Å². The van der Waals surface area contributed by atoms with Crippen LogP contribution in [0, 0.1) is 5.92 Å². The van der Waals surface area contributed by atoms with Gasteiger partial charge in [0.2, 0.25) is 0 Å². The van der Waals surface area contributed by atoms with E-state index in [1.807, 2.05) is 0 Å². The van der Waals surface area contributed by atoms with E-state index in [-0.39, 0.29) is 0 Å². The van der Waals surface area contributed by atoms with E-state index in [9.17, 15) is 0 Å². The molecule has 0 aromatic rings. The lowest BCUT2D eigenvalue weighted by Gasteiger charge is -2.44. The van der Waals surface area contributed by atoms with Gasteiger partial charge in [0, 0.05) is 11.6 Å². The maximum atomic E-state index is 2.72. The van der Waals surface area contributed by atoms with E-state index < -0.39 is 0 Å². The van der Waals surface area contributed by atoms with Gasteiger partial charge in [-0.2, -0.15) is 0 Å². The topological polar surface area (TPSA) is 3.24 Å². The van der Waals surface area contributed by atoms with Crippen LogP contribution in [-0.2, 0) is 0 Å². The number of likely N-dealkylation sites (tertiary alicyclic amines) is 1. The molecule has 0 aromatic carbocycles. The van der Waals surface area contributed by atoms with Crippen molar-refractivity contribution in [3.8, 4) is 0 Å². The van der Waals surface area contributed by atoms with Gasteiger partial charge in [-0.1, -0.05) is 20.8 Å². The first-order chi connectivity index (χ1) is 6.04. The fourth-order valence-electron chi connectivity index (χ4n) is 3.10. The summed E-state index contributed by atoms with van der Waals surface area (Å²) in [4.78, 5) is 2.72. The van der Waals surface area contributed by atoms with Gasteiger partial charge in [0.25, 0.3) is 0 Å². The molecule has 1 unspecified atom stereocenters. The van der Waals surface area contributed by atoms with Gasteiger partial charge in [-0.25, -0.2) is 0 Å². The van der Waals surface area contributed by atoms with E-state index in [1.165, 1.54) is 25.8 Å². The molecule has 1 atom stereocenters. The van der Waals surface area contributed by atoms with Crippen LogP contribution in [0.1, 0.15) is 53.9 Å². The molecule has 1 aliphatic rings. The zero-order valence-electron chi connectivity index (χ0n) is 9.93. The van der Waals surface area contributed by atoms with Crippen molar-refractivity contribution in [2.45, 2.75) is 65.5 Å². The molecule has 1 fully saturated rings. The summed E-state index contributed by atoms with van der Waals surface area (Å²) in [7, 11) is 0. The largest absolute Gasteiger partial charge is 0.295 e. The van der Waals surface area contributed by atoms with Crippen molar-refractivity contribution >= 4 is 0 Å². The van der Waals surface area contributed by atoms with Gasteiger partial charge >= 0.3 is 0 Å². The molecule has 13 heavy (non-hydrogen) atoms. The van der Waals surface area contributed by atoms with Crippen LogP contribution in [0.15, 0.2) is 0 Å². The summed E-state index contributed by atoms with van der Waals surface area (Å²) < 4.78 is 0. The lowest BCUT2D eigenvalue weighted by molar-refractivity contribution is 0.0549. The van der Waals surface area contributed by atoms with Crippen LogP contribution in [0.25, 0.3) is 0 Å². The molecule has 78 valence electrons. The average molecular weight is 183 g/mol. The van der Waals surface area contributed by atoms with Crippen LogP contribution >= 0.6 is 0 Å². The Balaban J connectivity index is 2.83. The Morgan fingerprint density at radius 3 is 2.15 bits per heavy atom. The van der Waals surface area contributed by atoms with E-state index in [2.05, 4.69) is 39.5 Å². The molecule has 0 N–H and O–H groups in total. The Morgan fingerprint density at radius 2 is 1.85 bits per heavy atom. The number of hydrogen-bond acceptors (Lipinski definition) is 1. The molecule has 1 rings (SSSR count). The first kappa shape index (κ1) is 11.0. The minimum atomic E-state index is 0.508. The van der Waals surface area contributed by atoms with Crippen LogP contribution in [-0.4, -0.2) is 23.0 Å². The summed E-state index contributed by atoms with van der Waals surface area (Å²) in [6, 6.07) is 0.713. The van der Waals surface area contributed by atoms with Crippen molar-refractivity contribution in [3.05, 3.63) is 0 Å². The quantitative estimate of drug-likeness (QED) is 0.649. The highest BCUT2D eigenvalue weighted by atomic mass is 15.2. The molecule has 0 radical (unpaired) electrons. The molecule has 0 spiro atoms. The first-order valence-corrected chi connectivity index (χ1v) is 5.81. The lowest BCUT2D eigenvalue weighted by Crippen LogP contribution is -2.50. The summed E-state index contributed by atoms with van der Waals surface area (Å²) in [5.74, 6) is 0.794. The molecule has 0 aromatic heterocycles. The second-order valence-corrected chi connectivity index (χ2v) is 5.00. The van der Waals surface area contributed by atoms with E-state index in [1.54, 1.807) is 0 Å². The molecule has 1 saturated heterocycles. The Labute approximate surface area is 83.5 Å². The van der Waals surface area contributed by atoms with Gasteiger partial charge in [-0.3, -0.25) is 4.90 Å². The van der Waals surface area contributed by atoms with Crippen LogP contribution in [0.5, 0.6) is 0 Å². The molecule has 0 saturated carbocycles. The van der Waals surface area contributed by atoms with Crippen molar-refractivity contribution in [2.24, 2.45) is 5.92 Å². The van der Waals surface area contributed by atoms with Gasteiger partial charge in [-0.15, -0.1) is 0 Å². The van der Waals surface area contributed by atoms with Gasteiger partial charge < -0.3 is 0 Å². The summed E-state index contributed by atoms with van der Waals surface area (Å²) in [5, 5.41) is 0. The summed E-state index contributed by atoms with van der Waals surface area (Å²) in [6.45, 7) is 13.1. The van der Waals surface area contributed by atoms with Crippen molar-refractivity contribution in [3.63, 3.8) is 0 Å².